The van der Waals surface area contributed by atoms with Crippen molar-refractivity contribution in [2.75, 3.05) is 18.4 Å². The van der Waals surface area contributed by atoms with E-state index in [9.17, 15) is 0 Å². The summed E-state index contributed by atoms with van der Waals surface area (Å²) in [4.78, 5) is 8.37. The molecule has 0 bridgehead atoms. The Morgan fingerprint density at radius 2 is 2.07 bits per heavy atom. The third-order valence-corrected chi connectivity index (χ3v) is 2.31. The first-order valence-electron chi connectivity index (χ1n) is 5.11. The van der Waals surface area contributed by atoms with Crippen LogP contribution in [0.2, 0.25) is 0 Å². The minimum atomic E-state index is 0.778. The Labute approximate surface area is 84.2 Å². The molecule has 14 heavy (non-hydrogen) atoms. The molecule has 0 radical (unpaired) electrons. The van der Waals surface area contributed by atoms with Gasteiger partial charge in [0.15, 0.2) is 0 Å². The normalized spacial score (nSPS) is 15.5. The topological polar surface area (TPSA) is 49.8 Å². The van der Waals surface area contributed by atoms with Crippen LogP contribution in [0.3, 0.4) is 0 Å². The summed E-state index contributed by atoms with van der Waals surface area (Å²) in [6.07, 6.45) is 6.10. The van der Waals surface area contributed by atoms with Crippen molar-refractivity contribution in [1.29, 1.82) is 0 Å². The van der Waals surface area contributed by atoms with Crippen molar-refractivity contribution in [3.05, 3.63) is 18.1 Å². The van der Waals surface area contributed by atoms with Crippen LogP contribution >= 0.6 is 0 Å². The summed E-state index contributed by atoms with van der Waals surface area (Å²) in [5.41, 5.74) is 0.957. The van der Waals surface area contributed by atoms with Gasteiger partial charge in [-0.1, -0.05) is 0 Å². The van der Waals surface area contributed by atoms with E-state index in [0.29, 0.717) is 0 Å². The van der Waals surface area contributed by atoms with Crippen LogP contribution in [0.1, 0.15) is 18.5 Å². The lowest BCUT2D eigenvalue weighted by molar-refractivity contribution is 0.700. The van der Waals surface area contributed by atoms with E-state index >= 15 is 0 Å². The van der Waals surface area contributed by atoms with Gasteiger partial charge in [0.25, 0.3) is 0 Å². The lowest BCUT2D eigenvalue weighted by Gasteiger charge is -2.07. The average Bonchev–Trinajstić information content (AvgIpc) is 2.99. The molecule has 1 saturated carbocycles. The van der Waals surface area contributed by atoms with Gasteiger partial charge in [-0.25, -0.2) is 4.98 Å². The molecule has 2 rings (SSSR count). The van der Waals surface area contributed by atoms with Crippen LogP contribution in [0, 0.1) is 6.92 Å². The first-order chi connectivity index (χ1) is 6.86. The molecule has 1 aromatic heterocycles. The van der Waals surface area contributed by atoms with Crippen LogP contribution in [0.25, 0.3) is 0 Å². The molecular weight excluding hydrogens is 176 g/mol. The van der Waals surface area contributed by atoms with Crippen LogP contribution in [0.5, 0.6) is 0 Å². The van der Waals surface area contributed by atoms with Crippen molar-refractivity contribution in [3.8, 4) is 0 Å². The van der Waals surface area contributed by atoms with Crippen molar-refractivity contribution in [2.45, 2.75) is 25.8 Å². The predicted octanol–water partition coefficient (Wildman–Crippen LogP) is 0.949. The zero-order valence-electron chi connectivity index (χ0n) is 8.45. The zero-order chi connectivity index (χ0) is 9.80. The van der Waals surface area contributed by atoms with E-state index in [4.69, 9.17) is 0 Å². The third kappa shape index (κ3) is 2.67. The number of anilines is 1. The van der Waals surface area contributed by atoms with Gasteiger partial charge in [0.1, 0.15) is 5.82 Å². The van der Waals surface area contributed by atoms with Gasteiger partial charge >= 0.3 is 0 Å². The second-order valence-corrected chi connectivity index (χ2v) is 3.65. The van der Waals surface area contributed by atoms with Crippen molar-refractivity contribution in [2.24, 2.45) is 0 Å². The van der Waals surface area contributed by atoms with Crippen molar-refractivity contribution >= 4 is 5.82 Å². The molecule has 76 valence electrons. The SMILES string of the molecule is Cc1nccnc1NCCNC1CC1. The van der Waals surface area contributed by atoms with Crippen molar-refractivity contribution < 1.29 is 0 Å². The van der Waals surface area contributed by atoms with E-state index < -0.39 is 0 Å². The quantitative estimate of drug-likeness (QED) is 0.682. The van der Waals surface area contributed by atoms with Crippen molar-refractivity contribution in [3.63, 3.8) is 0 Å². The van der Waals surface area contributed by atoms with Crippen LogP contribution in [-0.4, -0.2) is 29.1 Å². The van der Waals surface area contributed by atoms with Crippen LogP contribution in [0.4, 0.5) is 5.82 Å². The second-order valence-electron chi connectivity index (χ2n) is 3.65. The summed E-state index contributed by atoms with van der Waals surface area (Å²) >= 11 is 0. The van der Waals surface area contributed by atoms with Gasteiger partial charge in [-0.2, -0.15) is 0 Å². The fourth-order valence-corrected chi connectivity index (χ4v) is 1.33. The summed E-state index contributed by atoms with van der Waals surface area (Å²) in [6, 6.07) is 0.778. The van der Waals surface area contributed by atoms with E-state index in [-0.39, 0.29) is 0 Å². The Morgan fingerprint density at radius 3 is 2.79 bits per heavy atom. The number of hydrogen-bond donors (Lipinski definition) is 2. The lowest BCUT2D eigenvalue weighted by atomic mass is 10.4. The van der Waals surface area contributed by atoms with E-state index in [0.717, 1.165) is 30.6 Å². The van der Waals surface area contributed by atoms with Crippen LogP contribution < -0.4 is 10.6 Å². The van der Waals surface area contributed by atoms with Gasteiger partial charge in [-0.05, 0) is 19.8 Å². The molecule has 0 amide bonds. The fourth-order valence-electron chi connectivity index (χ4n) is 1.33. The maximum atomic E-state index is 4.21. The molecule has 0 aromatic carbocycles. The molecule has 2 N–H and O–H groups in total. The summed E-state index contributed by atoms with van der Waals surface area (Å²) in [6.45, 7) is 3.88. The highest BCUT2D eigenvalue weighted by molar-refractivity contribution is 5.38. The van der Waals surface area contributed by atoms with Crippen molar-refractivity contribution in [1.82, 2.24) is 15.3 Å². The minimum absolute atomic E-state index is 0.778. The monoisotopic (exact) mass is 192 g/mol. The number of aromatic nitrogens is 2. The molecule has 0 saturated heterocycles. The van der Waals surface area contributed by atoms with E-state index in [1.54, 1.807) is 12.4 Å². The van der Waals surface area contributed by atoms with Crippen LogP contribution in [0.15, 0.2) is 12.4 Å². The Balaban J connectivity index is 1.71. The highest BCUT2D eigenvalue weighted by Crippen LogP contribution is 2.17. The number of nitrogens with zero attached hydrogens (tertiary/aromatic N) is 2. The van der Waals surface area contributed by atoms with Gasteiger partial charge < -0.3 is 10.6 Å². The maximum Gasteiger partial charge on any atom is 0.147 e. The Bertz CT molecular complexity index is 296. The minimum Gasteiger partial charge on any atom is -0.367 e. The van der Waals surface area contributed by atoms with Gasteiger partial charge in [0, 0.05) is 31.5 Å². The molecule has 1 heterocycles. The molecule has 0 aliphatic heterocycles. The van der Waals surface area contributed by atoms with Gasteiger partial charge in [-0.15, -0.1) is 0 Å². The molecule has 1 fully saturated rings. The highest BCUT2D eigenvalue weighted by atomic mass is 15.0. The summed E-state index contributed by atoms with van der Waals surface area (Å²) < 4.78 is 0. The largest absolute Gasteiger partial charge is 0.367 e. The van der Waals surface area contributed by atoms with Gasteiger partial charge in [0.2, 0.25) is 0 Å². The number of rotatable bonds is 5. The Hall–Kier alpha value is -1.16. The average molecular weight is 192 g/mol. The predicted molar refractivity (Wildman–Crippen MR) is 56.3 cm³/mol. The molecule has 1 aliphatic carbocycles. The number of aryl methyl sites for hydroxylation is 1. The molecule has 0 atom stereocenters. The molecule has 4 nitrogen and oxygen atoms in total. The Kier molecular flexibility index (Phi) is 2.93. The Morgan fingerprint density at radius 1 is 1.29 bits per heavy atom. The smallest absolute Gasteiger partial charge is 0.147 e. The lowest BCUT2D eigenvalue weighted by Crippen LogP contribution is -2.24. The van der Waals surface area contributed by atoms with Gasteiger partial charge in [-0.3, -0.25) is 4.98 Å². The first kappa shape index (κ1) is 9.40. The summed E-state index contributed by atoms with van der Waals surface area (Å²) in [5.74, 6) is 0.894. The molecule has 1 aliphatic rings. The number of hydrogen-bond acceptors (Lipinski definition) is 4. The summed E-state index contributed by atoms with van der Waals surface area (Å²) in [5, 5.41) is 6.70. The molecular formula is C10H16N4. The second kappa shape index (κ2) is 4.37. The first-order valence-corrected chi connectivity index (χ1v) is 5.11. The van der Waals surface area contributed by atoms with E-state index in [1.807, 2.05) is 6.92 Å². The maximum absolute atomic E-state index is 4.21. The molecule has 4 heteroatoms. The zero-order valence-corrected chi connectivity index (χ0v) is 8.45. The third-order valence-electron chi connectivity index (χ3n) is 2.31. The molecule has 0 spiro atoms. The van der Waals surface area contributed by atoms with Gasteiger partial charge in [0.05, 0.1) is 5.69 Å². The fraction of sp³-hybridized carbons (Fsp3) is 0.600. The molecule has 1 aromatic rings. The van der Waals surface area contributed by atoms with Crippen LogP contribution in [-0.2, 0) is 0 Å². The highest BCUT2D eigenvalue weighted by Gasteiger charge is 2.19. The standard InChI is InChI=1S/C10H16N4/c1-8-10(13-6-4-11-8)14-7-5-12-9-2-3-9/h4,6,9,12H,2-3,5,7H2,1H3,(H,13,14). The van der Waals surface area contributed by atoms with E-state index in [2.05, 4.69) is 20.6 Å². The summed E-state index contributed by atoms with van der Waals surface area (Å²) in [7, 11) is 0. The molecule has 0 unspecified atom stereocenters. The van der Waals surface area contributed by atoms with E-state index in [1.165, 1.54) is 12.8 Å². The number of nitrogens with one attached hydrogen (secondary N) is 2.